The van der Waals surface area contributed by atoms with E-state index in [0.29, 0.717) is 24.2 Å². The minimum Gasteiger partial charge on any atom is -0.384 e. The summed E-state index contributed by atoms with van der Waals surface area (Å²) >= 11 is 0. The third kappa shape index (κ3) is 3.87. The van der Waals surface area contributed by atoms with Gasteiger partial charge in [0.1, 0.15) is 11.6 Å². The van der Waals surface area contributed by atoms with Gasteiger partial charge in [0.05, 0.1) is 6.61 Å². The van der Waals surface area contributed by atoms with Gasteiger partial charge in [-0.15, -0.1) is 0 Å². The number of hydrogen-bond donors (Lipinski definition) is 4. The maximum Gasteiger partial charge on any atom is 0.223 e. The average Bonchev–Trinajstić information content (AvgIpc) is 2.26. The van der Waals surface area contributed by atoms with E-state index in [9.17, 15) is 0 Å². The third-order valence-corrected chi connectivity index (χ3v) is 1.97. The van der Waals surface area contributed by atoms with Gasteiger partial charge in [-0.3, -0.25) is 0 Å². The molecule has 1 aromatic rings. The number of ether oxygens (including phenoxy) is 1. The Balaban J connectivity index is 2.56. The summed E-state index contributed by atoms with van der Waals surface area (Å²) in [6.07, 6.45) is 0. The van der Waals surface area contributed by atoms with Gasteiger partial charge in [0.2, 0.25) is 5.95 Å². The predicted octanol–water partition coefficient (Wildman–Crippen LogP) is 0.0388. The summed E-state index contributed by atoms with van der Waals surface area (Å²) in [6.45, 7) is 3.51. The lowest BCUT2D eigenvalue weighted by Gasteiger charge is -2.12. The molecular weight excluding hydrogens is 208 g/mol. The minimum atomic E-state index is 0.178. The highest BCUT2D eigenvalue weighted by Gasteiger charge is 2.04. The van der Waals surface area contributed by atoms with Crippen LogP contribution in [0.5, 0.6) is 0 Å². The van der Waals surface area contributed by atoms with Crippen molar-refractivity contribution in [3.05, 3.63) is 6.07 Å². The number of hydrazine groups is 1. The van der Waals surface area contributed by atoms with Gasteiger partial charge >= 0.3 is 0 Å². The monoisotopic (exact) mass is 226 g/mol. The van der Waals surface area contributed by atoms with Crippen LogP contribution in [0.3, 0.4) is 0 Å². The largest absolute Gasteiger partial charge is 0.384 e. The Hall–Kier alpha value is -1.60. The minimum absolute atomic E-state index is 0.178. The molecule has 0 amide bonds. The van der Waals surface area contributed by atoms with Crippen LogP contribution in [-0.2, 0) is 4.74 Å². The highest BCUT2D eigenvalue weighted by Crippen LogP contribution is 2.11. The normalized spacial score (nSPS) is 12.2. The lowest BCUT2D eigenvalue weighted by molar-refractivity contribution is 0.164. The lowest BCUT2D eigenvalue weighted by atomic mass is 10.2. The van der Waals surface area contributed by atoms with E-state index in [0.717, 1.165) is 6.54 Å². The summed E-state index contributed by atoms with van der Waals surface area (Å²) in [5, 5.41) is 3.14. The average molecular weight is 226 g/mol. The first kappa shape index (κ1) is 12.5. The molecule has 1 atom stereocenters. The molecule has 7 nitrogen and oxygen atoms in total. The second kappa shape index (κ2) is 6.09. The molecule has 90 valence electrons. The van der Waals surface area contributed by atoms with Crippen LogP contribution in [0.1, 0.15) is 6.92 Å². The number of nitrogen functional groups attached to an aromatic ring is 2. The maximum atomic E-state index is 5.52. The van der Waals surface area contributed by atoms with E-state index < -0.39 is 0 Å². The summed E-state index contributed by atoms with van der Waals surface area (Å²) < 4.78 is 5.03. The van der Waals surface area contributed by atoms with E-state index in [1.54, 1.807) is 13.2 Å². The van der Waals surface area contributed by atoms with Crippen molar-refractivity contribution in [3.63, 3.8) is 0 Å². The number of methoxy groups -OCH3 is 1. The van der Waals surface area contributed by atoms with Crippen molar-refractivity contribution in [2.75, 3.05) is 36.7 Å². The zero-order chi connectivity index (χ0) is 12.0. The van der Waals surface area contributed by atoms with Crippen LogP contribution in [0.2, 0.25) is 0 Å². The molecule has 1 aromatic heterocycles. The summed E-state index contributed by atoms with van der Waals surface area (Å²) in [6, 6.07) is 1.69. The van der Waals surface area contributed by atoms with Crippen molar-refractivity contribution in [1.82, 2.24) is 9.97 Å². The Kier molecular flexibility index (Phi) is 4.74. The zero-order valence-corrected chi connectivity index (χ0v) is 9.53. The second-order valence-corrected chi connectivity index (χ2v) is 3.58. The Morgan fingerprint density at radius 2 is 2.12 bits per heavy atom. The van der Waals surface area contributed by atoms with Crippen LogP contribution >= 0.6 is 0 Å². The number of hydrogen-bond acceptors (Lipinski definition) is 7. The molecule has 16 heavy (non-hydrogen) atoms. The van der Waals surface area contributed by atoms with Crippen LogP contribution in [0.4, 0.5) is 17.6 Å². The van der Waals surface area contributed by atoms with Crippen molar-refractivity contribution in [3.8, 4) is 0 Å². The number of rotatable bonds is 6. The fraction of sp³-hybridized carbons (Fsp3) is 0.556. The molecular formula is C9H18N6O. The molecule has 7 heteroatoms. The fourth-order valence-electron chi connectivity index (χ4n) is 1.25. The number of nitrogens with one attached hydrogen (secondary N) is 2. The highest BCUT2D eigenvalue weighted by atomic mass is 16.5. The molecule has 0 aromatic carbocycles. The second-order valence-electron chi connectivity index (χ2n) is 3.58. The first-order valence-electron chi connectivity index (χ1n) is 4.99. The molecule has 0 aliphatic rings. The van der Waals surface area contributed by atoms with Gasteiger partial charge in [-0.05, 0) is 5.92 Å². The van der Waals surface area contributed by atoms with E-state index in [4.69, 9.17) is 16.3 Å². The number of nitrogens with zero attached hydrogens (tertiary/aromatic N) is 2. The predicted molar refractivity (Wildman–Crippen MR) is 63.8 cm³/mol. The van der Waals surface area contributed by atoms with Crippen molar-refractivity contribution in [1.29, 1.82) is 0 Å². The van der Waals surface area contributed by atoms with E-state index in [-0.39, 0.29) is 5.95 Å². The van der Waals surface area contributed by atoms with Gasteiger partial charge < -0.3 is 21.2 Å². The van der Waals surface area contributed by atoms with Crippen LogP contribution in [-0.4, -0.2) is 30.2 Å². The van der Waals surface area contributed by atoms with E-state index in [1.165, 1.54) is 0 Å². The van der Waals surface area contributed by atoms with Gasteiger partial charge in [0.25, 0.3) is 0 Å². The van der Waals surface area contributed by atoms with Crippen LogP contribution in [0, 0.1) is 5.92 Å². The molecule has 1 rings (SSSR count). The Morgan fingerprint density at radius 3 is 2.75 bits per heavy atom. The van der Waals surface area contributed by atoms with Gasteiger partial charge in [-0.2, -0.15) is 9.97 Å². The first-order valence-corrected chi connectivity index (χ1v) is 4.99. The number of anilines is 3. The SMILES string of the molecule is COCC(C)CNc1cc(NN)nc(N)n1. The molecule has 0 saturated carbocycles. The molecule has 1 heterocycles. The Labute approximate surface area is 94.6 Å². The first-order chi connectivity index (χ1) is 7.65. The molecule has 0 spiro atoms. The molecule has 0 aliphatic heterocycles. The fourth-order valence-corrected chi connectivity index (χ4v) is 1.25. The summed E-state index contributed by atoms with van der Waals surface area (Å²) in [5.74, 6) is 6.93. The number of nitrogens with two attached hydrogens (primary N) is 2. The van der Waals surface area contributed by atoms with Gasteiger partial charge in [0, 0.05) is 19.7 Å². The van der Waals surface area contributed by atoms with E-state index >= 15 is 0 Å². The van der Waals surface area contributed by atoms with Crippen molar-refractivity contribution in [2.24, 2.45) is 11.8 Å². The topological polar surface area (TPSA) is 111 Å². The summed E-state index contributed by atoms with van der Waals surface area (Å²) in [4.78, 5) is 7.91. The standard InChI is InChI=1S/C9H18N6O/c1-6(5-16-2)4-12-7-3-8(15-11)14-9(10)13-7/h3,6H,4-5,11H2,1-2H3,(H4,10,12,13,14,15). The maximum absolute atomic E-state index is 5.52. The zero-order valence-electron chi connectivity index (χ0n) is 9.53. The van der Waals surface area contributed by atoms with Crippen LogP contribution < -0.4 is 22.3 Å². The lowest BCUT2D eigenvalue weighted by Crippen LogP contribution is -2.17. The highest BCUT2D eigenvalue weighted by molar-refractivity contribution is 5.50. The van der Waals surface area contributed by atoms with Gasteiger partial charge in [-0.1, -0.05) is 6.92 Å². The Bertz CT molecular complexity index is 332. The van der Waals surface area contributed by atoms with Crippen molar-refractivity contribution in [2.45, 2.75) is 6.92 Å². The number of aromatic nitrogens is 2. The molecule has 1 unspecified atom stereocenters. The Morgan fingerprint density at radius 1 is 1.44 bits per heavy atom. The third-order valence-electron chi connectivity index (χ3n) is 1.97. The van der Waals surface area contributed by atoms with E-state index in [2.05, 4.69) is 27.6 Å². The van der Waals surface area contributed by atoms with Gasteiger partial charge in [0.15, 0.2) is 0 Å². The van der Waals surface area contributed by atoms with Crippen LogP contribution in [0.15, 0.2) is 6.07 Å². The van der Waals surface area contributed by atoms with Crippen molar-refractivity contribution < 1.29 is 4.74 Å². The molecule has 0 fully saturated rings. The van der Waals surface area contributed by atoms with Crippen molar-refractivity contribution >= 4 is 17.6 Å². The summed E-state index contributed by atoms with van der Waals surface area (Å²) in [7, 11) is 1.68. The molecule has 0 radical (unpaired) electrons. The molecule has 0 aliphatic carbocycles. The molecule has 0 bridgehead atoms. The molecule has 0 saturated heterocycles. The molecule has 6 N–H and O–H groups in total. The quantitative estimate of drug-likeness (QED) is 0.400. The smallest absolute Gasteiger partial charge is 0.223 e. The van der Waals surface area contributed by atoms with E-state index in [1.807, 2.05) is 0 Å². The van der Waals surface area contributed by atoms with Gasteiger partial charge in [-0.25, -0.2) is 5.84 Å². The summed E-state index contributed by atoms with van der Waals surface area (Å²) in [5.41, 5.74) is 7.94. The van der Waals surface area contributed by atoms with Crippen LogP contribution in [0.25, 0.3) is 0 Å².